The summed E-state index contributed by atoms with van der Waals surface area (Å²) < 4.78 is 2.72. The molecule has 0 spiro atoms. The Bertz CT molecular complexity index is 783. The maximum absolute atomic E-state index is 6.02. The minimum Gasteiger partial charge on any atom is -0.337 e. The molecule has 0 atom stereocenters. The lowest BCUT2D eigenvalue weighted by molar-refractivity contribution is 0.612. The van der Waals surface area contributed by atoms with Gasteiger partial charge in [-0.3, -0.25) is 0 Å². The first-order chi connectivity index (χ1) is 10.0. The monoisotopic (exact) mass is 366 g/mol. The SMILES string of the molecule is CC(C)n1cnc2c(Nc3ccc(Br)nc3)nc(Cl)nc21. The number of nitrogens with zero attached hydrogens (tertiary/aromatic N) is 5. The Balaban J connectivity index is 2.07. The van der Waals surface area contributed by atoms with Crippen molar-refractivity contribution >= 4 is 50.2 Å². The van der Waals surface area contributed by atoms with Crippen molar-refractivity contribution in [3.63, 3.8) is 0 Å². The van der Waals surface area contributed by atoms with Gasteiger partial charge < -0.3 is 9.88 Å². The molecule has 6 nitrogen and oxygen atoms in total. The van der Waals surface area contributed by atoms with Crippen molar-refractivity contribution in [3.8, 4) is 0 Å². The van der Waals surface area contributed by atoms with Crippen LogP contribution in [0.3, 0.4) is 0 Å². The number of imidazole rings is 1. The second kappa shape index (κ2) is 5.57. The van der Waals surface area contributed by atoms with Crippen LogP contribution in [0.1, 0.15) is 19.9 Å². The Hall–Kier alpha value is -1.73. The summed E-state index contributed by atoms with van der Waals surface area (Å²) in [4.78, 5) is 17.0. The number of pyridine rings is 1. The molecule has 0 radical (unpaired) electrons. The van der Waals surface area contributed by atoms with Gasteiger partial charge in [-0.1, -0.05) is 0 Å². The van der Waals surface area contributed by atoms with E-state index < -0.39 is 0 Å². The van der Waals surface area contributed by atoms with Crippen LogP contribution in [0.4, 0.5) is 11.5 Å². The van der Waals surface area contributed by atoms with Crippen molar-refractivity contribution in [1.29, 1.82) is 0 Å². The highest BCUT2D eigenvalue weighted by Crippen LogP contribution is 2.25. The van der Waals surface area contributed by atoms with Gasteiger partial charge in [0.1, 0.15) is 4.60 Å². The van der Waals surface area contributed by atoms with Crippen LogP contribution in [-0.2, 0) is 0 Å². The summed E-state index contributed by atoms with van der Waals surface area (Å²) >= 11 is 9.32. The largest absolute Gasteiger partial charge is 0.337 e. The van der Waals surface area contributed by atoms with Crippen molar-refractivity contribution in [2.75, 3.05) is 5.32 Å². The smallest absolute Gasteiger partial charge is 0.226 e. The van der Waals surface area contributed by atoms with E-state index in [0.717, 1.165) is 10.3 Å². The number of hydrogen-bond acceptors (Lipinski definition) is 5. The average molecular weight is 368 g/mol. The van der Waals surface area contributed by atoms with Gasteiger partial charge in [0.25, 0.3) is 0 Å². The van der Waals surface area contributed by atoms with Crippen molar-refractivity contribution in [3.05, 3.63) is 34.5 Å². The van der Waals surface area contributed by atoms with Crippen LogP contribution in [0.5, 0.6) is 0 Å². The molecule has 3 aromatic heterocycles. The maximum atomic E-state index is 6.02. The predicted octanol–water partition coefficient (Wildman–Crippen LogP) is 3.96. The fraction of sp³-hybridized carbons (Fsp3) is 0.231. The fourth-order valence-electron chi connectivity index (χ4n) is 1.94. The molecule has 3 rings (SSSR count). The normalized spacial score (nSPS) is 11.3. The molecule has 0 aliphatic carbocycles. The molecule has 21 heavy (non-hydrogen) atoms. The zero-order chi connectivity index (χ0) is 15.0. The van der Waals surface area contributed by atoms with E-state index in [0.29, 0.717) is 17.0 Å². The molecule has 0 aromatic carbocycles. The van der Waals surface area contributed by atoms with Gasteiger partial charge in [-0.15, -0.1) is 0 Å². The molecule has 3 aromatic rings. The molecular formula is C13H12BrClN6. The summed E-state index contributed by atoms with van der Waals surface area (Å²) in [6, 6.07) is 3.97. The number of hydrogen-bond donors (Lipinski definition) is 1. The summed E-state index contributed by atoms with van der Waals surface area (Å²) in [6.07, 6.45) is 3.44. The van der Waals surface area contributed by atoms with E-state index in [-0.39, 0.29) is 11.3 Å². The number of fused-ring (bicyclic) bond motifs is 1. The van der Waals surface area contributed by atoms with Crippen LogP contribution in [0.2, 0.25) is 5.28 Å². The van der Waals surface area contributed by atoms with Crippen LogP contribution in [0, 0.1) is 0 Å². The number of anilines is 2. The highest BCUT2D eigenvalue weighted by Gasteiger charge is 2.14. The second-order valence-corrected chi connectivity index (χ2v) is 5.90. The summed E-state index contributed by atoms with van der Waals surface area (Å²) in [5.41, 5.74) is 2.18. The Kier molecular flexibility index (Phi) is 3.77. The van der Waals surface area contributed by atoms with E-state index in [4.69, 9.17) is 11.6 Å². The van der Waals surface area contributed by atoms with Crippen LogP contribution in [0.15, 0.2) is 29.3 Å². The highest BCUT2D eigenvalue weighted by molar-refractivity contribution is 9.10. The average Bonchev–Trinajstić information content (AvgIpc) is 2.85. The van der Waals surface area contributed by atoms with Gasteiger partial charge in [0.05, 0.1) is 18.2 Å². The van der Waals surface area contributed by atoms with Crippen molar-refractivity contribution in [1.82, 2.24) is 24.5 Å². The quantitative estimate of drug-likeness (QED) is 0.560. The lowest BCUT2D eigenvalue weighted by Crippen LogP contribution is -2.02. The molecule has 0 aliphatic rings. The minimum absolute atomic E-state index is 0.178. The molecule has 0 amide bonds. The fourth-order valence-corrected chi connectivity index (χ4v) is 2.34. The van der Waals surface area contributed by atoms with E-state index in [1.54, 1.807) is 12.5 Å². The third kappa shape index (κ3) is 2.84. The zero-order valence-corrected chi connectivity index (χ0v) is 13.7. The molecule has 0 saturated carbocycles. The zero-order valence-electron chi connectivity index (χ0n) is 11.4. The Morgan fingerprint density at radius 3 is 2.71 bits per heavy atom. The van der Waals surface area contributed by atoms with Gasteiger partial charge in [0.15, 0.2) is 17.0 Å². The maximum Gasteiger partial charge on any atom is 0.226 e. The van der Waals surface area contributed by atoms with E-state index in [2.05, 4.69) is 55.0 Å². The first kappa shape index (κ1) is 14.2. The molecule has 0 saturated heterocycles. The lowest BCUT2D eigenvalue weighted by Gasteiger charge is -2.09. The summed E-state index contributed by atoms with van der Waals surface area (Å²) in [7, 11) is 0. The number of nitrogens with one attached hydrogen (secondary N) is 1. The summed E-state index contributed by atoms with van der Waals surface area (Å²) in [5.74, 6) is 0.563. The topological polar surface area (TPSA) is 68.5 Å². The molecule has 8 heteroatoms. The molecule has 3 heterocycles. The van der Waals surface area contributed by atoms with Crippen molar-refractivity contribution < 1.29 is 0 Å². The molecule has 1 N–H and O–H groups in total. The lowest BCUT2D eigenvalue weighted by atomic mass is 10.3. The summed E-state index contributed by atoms with van der Waals surface area (Å²) in [5, 5.41) is 3.35. The Morgan fingerprint density at radius 1 is 1.24 bits per heavy atom. The van der Waals surface area contributed by atoms with Gasteiger partial charge in [0.2, 0.25) is 5.28 Å². The molecule has 108 valence electrons. The van der Waals surface area contributed by atoms with Gasteiger partial charge in [-0.25, -0.2) is 9.97 Å². The molecule has 0 aliphatic heterocycles. The molecule has 0 unspecified atom stereocenters. The first-order valence-corrected chi connectivity index (χ1v) is 7.50. The van der Waals surface area contributed by atoms with Crippen molar-refractivity contribution in [2.24, 2.45) is 0 Å². The Morgan fingerprint density at radius 2 is 2.05 bits per heavy atom. The van der Waals surface area contributed by atoms with Gasteiger partial charge >= 0.3 is 0 Å². The first-order valence-electron chi connectivity index (χ1n) is 6.33. The van der Waals surface area contributed by atoms with Gasteiger partial charge in [-0.2, -0.15) is 9.97 Å². The third-order valence-electron chi connectivity index (χ3n) is 2.94. The Labute approximate surface area is 134 Å². The molecule has 0 bridgehead atoms. The number of halogens is 2. The second-order valence-electron chi connectivity index (χ2n) is 4.75. The van der Waals surface area contributed by atoms with E-state index in [9.17, 15) is 0 Å². The molecule has 0 fully saturated rings. The predicted molar refractivity (Wildman–Crippen MR) is 85.9 cm³/mol. The third-order valence-corrected chi connectivity index (χ3v) is 3.58. The van der Waals surface area contributed by atoms with Crippen LogP contribution in [-0.4, -0.2) is 24.5 Å². The highest BCUT2D eigenvalue weighted by atomic mass is 79.9. The van der Waals surface area contributed by atoms with Crippen molar-refractivity contribution in [2.45, 2.75) is 19.9 Å². The summed E-state index contributed by atoms with van der Waals surface area (Å²) in [6.45, 7) is 4.12. The standard InChI is InChI=1S/C13H12BrClN6/c1-7(2)21-6-17-10-11(19-13(15)20-12(10)21)18-8-3-4-9(14)16-5-8/h3-7H,1-2H3,(H,18,19,20). The van der Waals surface area contributed by atoms with Gasteiger partial charge in [-0.05, 0) is 53.5 Å². The van der Waals surface area contributed by atoms with Crippen LogP contribution in [0.25, 0.3) is 11.2 Å². The van der Waals surface area contributed by atoms with E-state index in [1.807, 2.05) is 16.7 Å². The van der Waals surface area contributed by atoms with Gasteiger partial charge in [0, 0.05) is 6.04 Å². The van der Waals surface area contributed by atoms with Crippen LogP contribution < -0.4 is 5.32 Å². The molecular weight excluding hydrogens is 356 g/mol. The minimum atomic E-state index is 0.178. The van der Waals surface area contributed by atoms with Crippen LogP contribution >= 0.6 is 27.5 Å². The van der Waals surface area contributed by atoms with E-state index >= 15 is 0 Å². The number of aromatic nitrogens is 5. The van der Waals surface area contributed by atoms with E-state index in [1.165, 1.54) is 0 Å². The number of rotatable bonds is 3.